The van der Waals surface area contributed by atoms with Gasteiger partial charge in [0, 0.05) is 19.6 Å². The predicted molar refractivity (Wildman–Crippen MR) is 101 cm³/mol. The Hall–Kier alpha value is 0.790. The van der Waals surface area contributed by atoms with Crippen LogP contribution in [0.25, 0.3) is 0 Å². The minimum Gasteiger partial charge on any atom is -0.384 e. The topological polar surface area (TPSA) is 18.5 Å². The maximum atomic E-state index is 6.01. The van der Waals surface area contributed by atoms with Gasteiger partial charge in [0.15, 0.2) is 3.79 Å². The van der Waals surface area contributed by atoms with Gasteiger partial charge >= 0.3 is 0 Å². The van der Waals surface area contributed by atoms with E-state index in [4.69, 9.17) is 44.3 Å². The highest BCUT2D eigenvalue weighted by Gasteiger charge is 2.43. The third-order valence-corrected chi connectivity index (χ3v) is 6.15. The van der Waals surface area contributed by atoms with Crippen molar-refractivity contribution in [3.05, 3.63) is 0 Å². The van der Waals surface area contributed by atoms with E-state index in [9.17, 15) is 0 Å². The van der Waals surface area contributed by atoms with Gasteiger partial charge in [0.05, 0.1) is 13.2 Å². The van der Waals surface area contributed by atoms with Crippen LogP contribution in [-0.4, -0.2) is 31.2 Å². The molecule has 0 bridgehead atoms. The van der Waals surface area contributed by atoms with Gasteiger partial charge in [-0.2, -0.15) is 0 Å². The standard InChI is InChI=1S/C18H33Cl3O2/c1-16(2,3)14-6-8-15(9-7-14)17(12-22-4,13-23-5)10-11-18(19,20)21/h14-15H,6-13H2,1-5H3. The van der Waals surface area contributed by atoms with Crippen molar-refractivity contribution in [2.75, 3.05) is 27.4 Å². The molecule has 0 aromatic rings. The fourth-order valence-corrected chi connectivity index (χ4v) is 4.45. The number of halogens is 3. The molecule has 2 nitrogen and oxygen atoms in total. The van der Waals surface area contributed by atoms with Crippen LogP contribution in [0, 0.1) is 22.7 Å². The Bertz CT molecular complexity index is 333. The van der Waals surface area contributed by atoms with E-state index >= 15 is 0 Å². The zero-order valence-corrected chi connectivity index (χ0v) is 17.5. The fraction of sp³-hybridized carbons (Fsp3) is 1.00. The summed E-state index contributed by atoms with van der Waals surface area (Å²) in [6.45, 7) is 8.36. The summed E-state index contributed by atoms with van der Waals surface area (Å²) in [6, 6.07) is 0. The molecular weight excluding hydrogens is 355 g/mol. The summed E-state index contributed by atoms with van der Waals surface area (Å²) >= 11 is 18.0. The Morgan fingerprint density at radius 3 is 1.57 bits per heavy atom. The maximum Gasteiger partial charge on any atom is 0.190 e. The Balaban J connectivity index is 2.83. The second-order valence-corrected chi connectivity index (χ2v) is 10.8. The van der Waals surface area contributed by atoms with Gasteiger partial charge < -0.3 is 9.47 Å². The van der Waals surface area contributed by atoms with Crippen LogP contribution in [0.1, 0.15) is 59.3 Å². The van der Waals surface area contributed by atoms with E-state index in [2.05, 4.69) is 20.8 Å². The second kappa shape index (κ2) is 8.94. The molecule has 0 heterocycles. The van der Waals surface area contributed by atoms with Crippen molar-refractivity contribution < 1.29 is 9.47 Å². The van der Waals surface area contributed by atoms with Crippen molar-refractivity contribution in [2.24, 2.45) is 22.7 Å². The van der Waals surface area contributed by atoms with Gasteiger partial charge in [-0.25, -0.2) is 0 Å². The van der Waals surface area contributed by atoms with Crippen molar-refractivity contribution in [2.45, 2.75) is 63.1 Å². The van der Waals surface area contributed by atoms with E-state index < -0.39 is 3.79 Å². The van der Waals surface area contributed by atoms with E-state index in [0.29, 0.717) is 31.0 Å². The quantitative estimate of drug-likeness (QED) is 0.479. The van der Waals surface area contributed by atoms with Crippen LogP contribution >= 0.6 is 34.8 Å². The van der Waals surface area contributed by atoms with Crippen LogP contribution in [-0.2, 0) is 9.47 Å². The van der Waals surface area contributed by atoms with Crippen molar-refractivity contribution in [1.29, 1.82) is 0 Å². The summed E-state index contributed by atoms with van der Waals surface area (Å²) in [5, 5.41) is 0. The van der Waals surface area contributed by atoms with Crippen LogP contribution in [0.3, 0.4) is 0 Å². The average Bonchev–Trinajstić information content (AvgIpc) is 2.44. The molecule has 0 saturated heterocycles. The SMILES string of the molecule is COCC(CCC(Cl)(Cl)Cl)(COC)C1CCC(C(C)(C)C)CC1. The van der Waals surface area contributed by atoms with Gasteiger partial charge in [-0.3, -0.25) is 0 Å². The molecule has 1 rings (SSSR count). The number of alkyl halides is 3. The molecule has 0 radical (unpaired) electrons. The van der Waals surface area contributed by atoms with E-state index in [1.54, 1.807) is 14.2 Å². The molecule has 1 aliphatic rings. The molecule has 0 N–H and O–H groups in total. The molecular formula is C18H33Cl3O2. The van der Waals surface area contributed by atoms with Gasteiger partial charge in [-0.05, 0) is 55.8 Å². The lowest BCUT2D eigenvalue weighted by Crippen LogP contribution is -2.42. The maximum absolute atomic E-state index is 6.01. The molecule has 0 unspecified atom stereocenters. The lowest BCUT2D eigenvalue weighted by atomic mass is 9.62. The molecule has 23 heavy (non-hydrogen) atoms. The zero-order valence-electron chi connectivity index (χ0n) is 15.3. The molecule has 0 amide bonds. The first-order valence-electron chi connectivity index (χ1n) is 8.59. The molecule has 1 aliphatic carbocycles. The first-order chi connectivity index (χ1) is 10.5. The minimum atomic E-state index is -1.21. The van der Waals surface area contributed by atoms with Gasteiger partial charge in [-0.1, -0.05) is 55.6 Å². The average molecular weight is 388 g/mol. The van der Waals surface area contributed by atoms with Crippen molar-refractivity contribution in [3.8, 4) is 0 Å². The molecule has 138 valence electrons. The molecule has 0 aliphatic heterocycles. The predicted octanol–water partition coefficient (Wildman–Crippen LogP) is 6.27. The Morgan fingerprint density at radius 1 is 0.783 bits per heavy atom. The highest BCUT2D eigenvalue weighted by Crippen LogP contribution is 2.49. The van der Waals surface area contributed by atoms with E-state index in [-0.39, 0.29) is 5.41 Å². The molecule has 0 atom stereocenters. The van der Waals surface area contributed by atoms with E-state index in [1.807, 2.05) is 0 Å². The Morgan fingerprint density at radius 2 is 1.22 bits per heavy atom. The largest absolute Gasteiger partial charge is 0.384 e. The molecule has 1 saturated carbocycles. The van der Waals surface area contributed by atoms with Crippen LogP contribution in [0.2, 0.25) is 0 Å². The number of methoxy groups -OCH3 is 2. The van der Waals surface area contributed by atoms with E-state index in [0.717, 1.165) is 12.3 Å². The zero-order chi connectivity index (χ0) is 17.7. The fourth-order valence-electron chi connectivity index (χ4n) is 4.16. The first kappa shape index (κ1) is 21.8. The number of rotatable bonds is 7. The lowest BCUT2D eigenvalue weighted by molar-refractivity contribution is -0.0557. The number of hydrogen-bond acceptors (Lipinski definition) is 2. The smallest absolute Gasteiger partial charge is 0.190 e. The first-order valence-corrected chi connectivity index (χ1v) is 9.72. The third kappa shape index (κ3) is 6.90. The summed E-state index contributed by atoms with van der Waals surface area (Å²) in [6.07, 6.45) is 6.27. The molecule has 0 aromatic carbocycles. The van der Waals surface area contributed by atoms with Crippen LogP contribution < -0.4 is 0 Å². The number of ether oxygens (including phenoxy) is 2. The highest BCUT2D eigenvalue weighted by atomic mass is 35.6. The van der Waals surface area contributed by atoms with Gasteiger partial charge in [-0.15, -0.1) is 0 Å². The third-order valence-electron chi connectivity index (χ3n) is 5.59. The summed E-state index contributed by atoms with van der Waals surface area (Å²) in [5.41, 5.74) is 0.323. The van der Waals surface area contributed by atoms with Gasteiger partial charge in [0.25, 0.3) is 0 Å². The van der Waals surface area contributed by atoms with Crippen LogP contribution in [0.15, 0.2) is 0 Å². The highest BCUT2D eigenvalue weighted by molar-refractivity contribution is 6.67. The summed E-state index contributed by atoms with van der Waals surface area (Å²) < 4.78 is 9.91. The Labute approximate surface area is 157 Å². The molecule has 5 heteroatoms. The van der Waals surface area contributed by atoms with Crippen LogP contribution in [0.5, 0.6) is 0 Å². The Kier molecular flexibility index (Phi) is 8.49. The molecule has 0 spiro atoms. The van der Waals surface area contributed by atoms with Crippen molar-refractivity contribution in [3.63, 3.8) is 0 Å². The van der Waals surface area contributed by atoms with Crippen molar-refractivity contribution in [1.82, 2.24) is 0 Å². The van der Waals surface area contributed by atoms with Crippen molar-refractivity contribution >= 4 is 34.8 Å². The molecule has 1 fully saturated rings. The summed E-state index contributed by atoms with van der Waals surface area (Å²) in [4.78, 5) is 0. The number of hydrogen-bond donors (Lipinski definition) is 0. The van der Waals surface area contributed by atoms with Crippen LogP contribution in [0.4, 0.5) is 0 Å². The summed E-state index contributed by atoms with van der Waals surface area (Å²) in [5.74, 6) is 1.35. The molecule has 0 aromatic heterocycles. The summed E-state index contributed by atoms with van der Waals surface area (Å²) in [7, 11) is 3.50. The second-order valence-electron chi connectivity index (χ2n) is 8.26. The van der Waals surface area contributed by atoms with Gasteiger partial charge in [0.2, 0.25) is 0 Å². The normalized spacial score (nSPS) is 24.0. The monoisotopic (exact) mass is 386 g/mol. The minimum absolute atomic E-state index is 0.0593. The van der Waals surface area contributed by atoms with Gasteiger partial charge in [0.1, 0.15) is 0 Å². The lowest BCUT2D eigenvalue weighted by Gasteiger charge is -2.46. The van der Waals surface area contributed by atoms with E-state index in [1.165, 1.54) is 25.7 Å².